The van der Waals surface area contributed by atoms with Gasteiger partial charge >= 0.3 is 0 Å². The Bertz CT molecular complexity index is 756. The van der Waals surface area contributed by atoms with Crippen LogP contribution in [0.1, 0.15) is 23.7 Å². The predicted molar refractivity (Wildman–Crippen MR) is 83.5 cm³/mol. The summed E-state index contributed by atoms with van der Waals surface area (Å²) in [7, 11) is 0. The van der Waals surface area contributed by atoms with Crippen LogP contribution in [0, 0.1) is 6.92 Å². The number of hydrogen-bond acceptors (Lipinski definition) is 2. The first-order chi connectivity index (χ1) is 9.72. The van der Waals surface area contributed by atoms with Crippen LogP contribution in [0.5, 0.6) is 0 Å². The van der Waals surface area contributed by atoms with Crippen LogP contribution >= 0.6 is 0 Å². The van der Waals surface area contributed by atoms with E-state index in [0.29, 0.717) is 6.54 Å². The van der Waals surface area contributed by atoms with Gasteiger partial charge in [-0.2, -0.15) is 0 Å². The molecule has 102 valence electrons. The van der Waals surface area contributed by atoms with Gasteiger partial charge in [0.15, 0.2) is 0 Å². The Morgan fingerprint density at radius 3 is 2.75 bits per heavy atom. The van der Waals surface area contributed by atoms with Crippen molar-refractivity contribution in [3.8, 4) is 11.3 Å². The average Bonchev–Trinajstić information content (AvgIpc) is 2.84. The van der Waals surface area contributed by atoms with E-state index in [2.05, 4.69) is 47.2 Å². The molecule has 0 spiro atoms. The smallest absolute Gasteiger partial charge is 0.0498 e. The maximum absolute atomic E-state index is 5.75. The summed E-state index contributed by atoms with van der Waals surface area (Å²) in [4.78, 5) is 7.81. The Kier molecular flexibility index (Phi) is 3.28. The van der Waals surface area contributed by atoms with E-state index in [9.17, 15) is 0 Å². The number of hydrogen-bond donors (Lipinski definition) is 2. The monoisotopic (exact) mass is 265 g/mol. The van der Waals surface area contributed by atoms with Crippen molar-refractivity contribution in [1.82, 2.24) is 9.97 Å². The zero-order valence-corrected chi connectivity index (χ0v) is 11.9. The maximum Gasteiger partial charge on any atom is 0.0498 e. The third-order valence-corrected chi connectivity index (χ3v) is 3.75. The highest BCUT2D eigenvalue weighted by atomic mass is 14.7. The number of H-pyrrole nitrogens is 1. The molecule has 3 aromatic rings. The van der Waals surface area contributed by atoms with Gasteiger partial charge in [0, 0.05) is 40.6 Å². The number of aromatic nitrogens is 2. The van der Waals surface area contributed by atoms with Gasteiger partial charge in [-0.3, -0.25) is 4.98 Å². The van der Waals surface area contributed by atoms with E-state index in [0.717, 1.165) is 12.1 Å². The molecule has 0 fully saturated rings. The lowest BCUT2D eigenvalue weighted by Crippen LogP contribution is -1.95. The number of nitrogens with two attached hydrogens (primary N) is 1. The predicted octanol–water partition coefficient (Wildman–Crippen LogP) is 3.56. The fourth-order valence-electron chi connectivity index (χ4n) is 2.74. The van der Waals surface area contributed by atoms with Crippen molar-refractivity contribution in [2.75, 3.05) is 0 Å². The lowest BCUT2D eigenvalue weighted by Gasteiger charge is -2.03. The topological polar surface area (TPSA) is 54.7 Å². The Labute approximate surface area is 118 Å². The molecule has 0 radical (unpaired) electrons. The molecule has 0 amide bonds. The summed E-state index contributed by atoms with van der Waals surface area (Å²) in [5, 5.41) is 1.28. The minimum atomic E-state index is 0.577. The van der Waals surface area contributed by atoms with Crippen molar-refractivity contribution in [3.63, 3.8) is 0 Å². The van der Waals surface area contributed by atoms with Crippen molar-refractivity contribution in [2.45, 2.75) is 26.8 Å². The molecule has 2 aromatic heterocycles. The second-order valence-corrected chi connectivity index (χ2v) is 5.10. The summed E-state index contributed by atoms with van der Waals surface area (Å²) < 4.78 is 0. The van der Waals surface area contributed by atoms with E-state index in [1.54, 1.807) is 0 Å². The van der Waals surface area contributed by atoms with E-state index < -0.39 is 0 Å². The van der Waals surface area contributed by atoms with Crippen LogP contribution in [-0.2, 0) is 13.0 Å². The minimum absolute atomic E-state index is 0.577. The molecule has 0 atom stereocenters. The molecule has 2 heterocycles. The molecule has 0 unspecified atom stereocenters. The largest absolute Gasteiger partial charge is 0.354 e. The van der Waals surface area contributed by atoms with E-state index in [1.807, 2.05) is 13.1 Å². The molecule has 0 aliphatic carbocycles. The molecule has 20 heavy (non-hydrogen) atoms. The second kappa shape index (κ2) is 5.10. The Balaban J connectivity index is 2.25. The first-order valence-electron chi connectivity index (χ1n) is 6.99. The van der Waals surface area contributed by atoms with Gasteiger partial charge in [-0.1, -0.05) is 13.0 Å². The molecule has 0 aliphatic rings. The number of pyridine rings is 1. The van der Waals surface area contributed by atoms with Crippen LogP contribution < -0.4 is 5.73 Å². The highest BCUT2D eigenvalue weighted by molar-refractivity contribution is 5.91. The van der Waals surface area contributed by atoms with Gasteiger partial charge in [0.05, 0.1) is 0 Å². The number of nitrogens with zero attached hydrogens (tertiary/aromatic N) is 1. The Morgan fingerprint density at radius 2 is 2.05 bits per heavy atom. The van der Waals surface area contributed by atoms with E-state index >= 15 is 0 Å². The average molecular weight is 265 g/mol. The van der Waals surface area contributed by atoms with Crippen molar-refractivity contribution in [3.05, 3.63) is 53.3 Å². The standard InChI is InChI=1S/C17H19N3/c1-3-14-15-9-12(10-18)4-5-16(15)20-17(14)13-6-7-19-11(2)8-13/h4-9,20H,3,10,18H2,1-2H3. The van der Waals surface area contributed by atoms with Crippen LogP contribution in [0.4, 0.5) is 0 Å². The molecular formula is C17H19N3. The van der Waals surface area contributed by atoms with E-state index in [1.165, 1.54) is 33.3 Å². The zero-order chi connectivity index (χ0) is 14.1. The van der Waals surface area contributed by atoms with Gasteiger partial charge in [0.1, 0.15) is 0 Å². The van der Waals surface area contributed by atoms with Gasteiger partial charge in [-0.05, 0) is 48.7 Å². The summed E-state index contributed by atoms with van der Waals surface area (Å²) in [6.45, 7) is 4.79. The molecule has 3 nitrogen and oxygen atoms in total. The maximum atomic E-state index is 5.75. The van der Waals surface area contributed by atoms with Crippen molar-refractivity contribution >= 4 is 10.9 Å². The second-order valence-electron chi connectivity index (χ2n) is 5.10. The quantitative estimate of drug-likeness (QED) is 0.760. The van der Waals surface area contributed by atoms with E-state index in [-0.39, 0.29) is 0 Å². The van der Waals surface area contributed by atoms with Crippen molar-refractivity contribution < 1.29 is 0 Å². The highest BCUT2D eigenvalue weighted by Gasteiger charge is 2.12. The molecular weight excluding hydrogens is 246 g/mol. The molecule has 1 aromatic carbocycles. The fraction of sp³-hybridized carbons (Fsp3) is 0.235. The molecule has 3 heteroatoms. The van der Waals surface area contributed by atoms with Crippen LogP contribution in [0.25, 0.3) is 22.2 Å². The first-order valence-corrected chi connectivity index (χ1v) is 6.99. The third-order valence-electron chi connectivity index (χ3n) is 3.75. The molecule has 3 N–H and O–H groups in total. The lowest BCUT2D eigenvalue weighted by molar-refractivity contribution is 1.07. The van der Waals surface area contributed by atoms with Gasteiger partial charge in [-0.25, -0.2) is 0 Å². The number of rotatable bonds is 3. The van der Waals surface area contributed by atoms with Crippen molar-refractivity contribution in [2.24, 2.45) is 5.73 Å². The summed E-state index contributed by atoms with van der Waals surface area (Å²) in [6, 6.07) is 10.6. The highest BCUT2D eigenvalue weighted by Crippen LogP contribution is 2.31. The summed E-state index contributed by atoms with van der Waals surface area (Å²) in [5.41, 5.74) is 12.9. The van der Waals surface area contributed by atoms with E-state index in [4.69, 9.17) is 5.73 Å². The van der Waals surface area contributed by atoms with Crippen LogP contribution in [0.15, 0.2) is 36.5 Å². The first kappa shape index (κ1) is 12.9. The number of fused-ring (bicyclic) bond motifs is 1. The summed E-state index contributed by atoms with van der Waals surface area (Å²) in [5.74, 6) is 0. The lowest BCUT2D eigenvalue weighted by atomic mass is 10.0. The zero-order valence-electron chi connectivity index (χ0n) is 11.9. The van der Waals surface area contributed by atoms with Gasteiger partial charge in [-0.15, -0.1) is 0 Å². The number of aromatic amines is 1. The fourth-order valence-corrected chi connectivity index (χ4v) is 2.74. The van der Waals surface area contributed by atoms with Crippen LogP contribution in [-0.4, -0.2) is 9.97 Å². The summed E-state index contributed by atoms with van der Waals surface area (Å²) >= 11 is 0. The third kappa shape index (κ3) is 2.10. The molecule has 0 saturated carbocycles. The SMILES string of the molecule is CCc1c(-c2ccnc(C)c2)[nH]c2ccc(CN)cc12. The summed E-state index contributed by atoms with van der Waals surface area (Å²) in [6.07, 6.45) is 2.85. The molecule has 0 bridgehead atoms. The van der Waals surface area contributed by atoms with Crippen molar-refractivity contribution in [1.29, 1.82) is 0 Å². The minimum Gasteiger partial charge on any atom is -0.354 e. The molecule has 0 saturated heterocycles. The Hall–Kier alpha value is -2.13. The number of nitrogens with one attached hydrogen (secondary N) is 1. The van der Waals surface area contributed by atoms with Gasteiger partial charge in [0.2, 0.25) is 0 Å². The molecule has 3 rings (SSSR count). The van der Waals surface area contributed by atoms with Crippen LogP contribution in [0.3, 0.4) is 0 Å². The van der Waals surface area contributed by atoms with Gasteiger partial charge < -0.3 is 10.7 Å². The molecule has 0 aliphatic heterocycles. The van der Waals surface area contributed by atoms with Crippen LogP contribution in [0.2, 0.25) is 0 Å². The number of aryl methyl sites for hydroxylation is 2. The number of benzene rings is 1. The Morgan fingerprint density at radius 1 is 1.20 bits per heavy atom. The van der Waals surface area contributed by atoms with Gasteiger partial charge in [0.25, 0.3) is 0 Å². The normalized spacial score (nSPS) is 11.2.